The third kappa shape index (κ3) is 3.66. The van der Waals surface area contributed by atoms with E-state index in [9.17, 15) is 4.79 Å². The molecule has 28 heavy (non-hydrogen) atoms. The molecule has 0 radical (unpaired) electrons. The molecule has 1 N–H and O–H groups in total. The van der Waals surface area contributed by atoms with E-state index >= 15 is 0 Å². The molecule has 2 heterocycles. The van der Waals surface area contributed by atoms with E-state index < -0.39 is 6.10 Å². The minimum atomic E-state index is -0.496. The number of H-pyrrole nitrogens is 1. The van der Waals surface area contributed by atoms with Crippen LogP contribution < -0.4 is 4.74 Å². The van der Waals surface area contributed by atoms with Crippen LogP contribution in [0.15, 0.2) is 46.9 Å². The molecule has 146 valence electrons. The van der Waals surface area contributed by atoms with Gasteiger partial charge in [0.1, 0.15) is 11.9 Å². The van der Waals surface area contributed by atoms with Crippen molar-refractivity contribution in [3.8, 4) is 5.75 Å². The number of benzene rings is 2. The summed E-state index contributed by atoms with van der Waals surface area (Å²) < 4.78 is 12.1. The fraction of sp³-hybridized carbons (Fsp3) is 0.318. The first-order valence-corrected chi connectivity index (χ1v) is 10.2. The lowest BCUT2D eigenvalue weighted by molar-refractivity contribution is -0.144. The molecule has 5 nitrogen and oxygen atoms in total. The van der Waals surface area contributed by atoms with Crippen LogP contribution in [0.5, 0.6) is 5.75 Å². The minimum absolute atomic E-state index is 0.0258. The molecule has 0 aliphatic carbocycles. The maximum atomic E-state index is 12.9. The molecule has 0 fully saturated rings. The molecule has 0 saturated carbocycles. The van der Waals surface area contributed by atoms with Gasteiger partial charge in [0.05, 0.1) is 19.2 Å². The molecule has 0 bridgehead atoms. The number of ether oxygens (including phenoxy) is 2. The zero-order valence-electron chi connectivity index (χ0n) is 16.0. The van der Waals surface area contributed by atoms with Crippen molar-refractivity contribution < 1.29 is 14.3 Å². The first kappa shape index (κ1) is 19.0. The van der Waals surface area contributed by atoms with Gasteiger partial charge >= 0.3 is 0 Å². The van der Waals surface area contributed by atoms with Gasteiger partial charge in [-0.25, -0.2) is 0 Å². The molecule has 1 aliphatic heterocycles. The van der Waals surface area contributed by atoms with Crippen molar-refractivity contribution >= 4 is 32.7 Å². The Hall–Kier alpha value is -2.31. The van der Waals surface area contributed by atoms with Crippen LogP contribution in [0.3, 0.4) is 0 Å². The van der Waals surface area contributed by atoms with Crippen LogP contribution in [0.25, 0.3) is 10.9 Å². The van der Waals surface area contributed by atoms with Crippen molar-refractivity contribution in [2.24, 2.45) is 0 Å². The highest BCUT2D eigenvalue weighted by Gasteiger charge is 2.27. The second-order valence-corrected chi connectivity index (χ2v) is 7.91. The Labute approximate surface area is 172 Å². The van der Waals surface area contributed by atoms with Crippen LogP contribution >= 0.6 is 15.9 Å². The van der Waals surface area contributed by atoms with E-state index in [1.807, 2.05) is 48.2 Å². The largest absolute Gasteiger partial charge is 0.497 e. The van der Waals surface area contributed by atoms with Crippen molar-refractivity contribution in [2.45, 2.75) is 32.6 Å². The number of methoxy groups -OCH3 is 1. The Morgan fingerprint density at radius 1 is 1.29 bits per heavy atom. The van der Waals surface area contributed by atoms with E-state index in [4.69, 9.17) is 9.47 Å². The first-order valence-electron chi connectivity index (χ1n) is 9.38. The number of fused-ring (bicyclic) bond motifs is 3. The summed E-state index contributed by atoms with van der Waals surface area (Å²) in [5.41, 5.74) is 4.51. The number of halogens is 1. The number of aromatic nitrogens is 1. The lowest BCUT2D eigenvalue weighted by Gasteiger charge is -2.29. The van der Waals surface area contributed by atoms with Crippen molar-refractivity contribution in [1.82, 2.24) is 9.88 Å². The summed E-state index contributed by atoms with van der Waals surface area (Å²) in [4.78, 5) is 18.3. The summed E-state index contributed by atoms with van der Waals surface area (Å²) in [6.45, 7) is 3.51. The molecule has 1 aromatic heterocycles. The molecule has 3 aromatic rings. The quantitative estimate of drug-likeness (QED) is 0.635. The molecule has 1 aliphatic rings. The molecular formula is C22H23BrN2O3. The van der Waals surface area contributed by atoms with Gasteiger partial charge < -0.3 is 19.4 Å². The number of para-hydroxylation sites is 1. The Morgan fingerprint density at radius 2 is 2.11 bits per heavy atom. The number of carbonyl (C=O) groups is 1. The number of carbonyl (C=O) groups excluding carboxylic acids is 1. The smallest absolute Gasteiger partial charge is 0.251 e. The predicted octanol–water partition coefficient (Wildman–Crippen LogP) is 4.43. The summed E-state index contributed by atoms with van der Waals surface area (Å²) in [6.07, 6.45) is 0.329. The predicted molar refractivity (Wildman–Crippen MR) is 112 cm³/mol. The van der Waals surface area contributed by atoms with E-state index in [-0.39, 0.29) is 5.91 Å². The summed E-state index contributed by atoms with van der Waals surface area (Å²) in [5.74, 6) is 0.812. The lowest BCUT2D eigenvalue weighted by Crippen LogP contribution is -2.41. The number of nitrogens with one attached hydrogen (secondary N) is 1. The number of amides is 1. The van der Waals surface area contributed by atoms with Gasteiger partial charge in [-0.05, 0) is 46.6 Å². The van der Waals surface area contributed by atoms with E-state index in [0.29, 0.717) is 19.7 Å². The molecule has 4 rings (SSSR count). The molecule has 1 unspecified atom stereocenters. The van der Waals surface area contributed by atoms with Crippen LogP contribution in [-0.2, 0) is 29.1 Å². The van der Waals surface area contributed by atoms with Gasteiger partial charge in [0.2, 0.25) is 0 Å². The Kier molecular flexibility index (Phi) is 5.42. The normalized spacial score (nSPS) is 14.8. The maximum Gasteiger partial charge on any atom is 0.251 e. The number of hydrogen-bond acceptors (Lipinski definition) is 3. The van der Waals surface area contributed by atoms with E-state index in [2.05, 4.69) is 27.0 Å². The second-order valence-electron chi connectivity index (χ2n) is 7.06. The molecule has 6 heteroatoms. The fourth-order valence-corrected chi connectivity index (χ4v) is 4.17. The number of aromatic amines is 1. The zero-order chi connectivity index (χ0) is 19.7. The SMILES string of the molecule is COc1cccc(COC(C)C(=O)N2CCc3[nH]c4c(Br)cccc4c3C2)c1. The minimum Gasteiger partial charge on any atom is -0.497 e. The summed E-state index contributed by atoms with van der Waals surface area (Å²) >= 11 is 3.60. The van der Waals surface area contributed by atoms with Gasteiger partial charge in [0.15, 0.2) is 0 Å². The van der Waals surface area contributed by atoms with Gasteiger partial charge in [-0.15, -0.1) is 0 Å². The first-order chi connectivity index (χ1) is 13.6. The molecule has 0 saturated heterocycles. The number of hydrogen-bond donors (Lipinski definition) is 1. The standard InChI is InChI=1S/C22H23BrN2O3/c1-14(28-13-15-5-3-6-16(11-15)27-2)22(26)25-10-9-20-18(12-25)17-7-4-8-19(23)21(17)24-20/h3-8,11,14,24H,9-10,12-13H2,1-2H3. The van der Waals surface area contributed by atoms with Crippen molar-refractivity contribution in [3.05, 3.63) is 63.8 Å². The summed E-state index contributed by atoms with van der Waals surface area (Å²) in [6, 6.07) is 13.9. The fourth-order valence-electron chi connectivity index (χ4n) is 3.70. The highest BCUT2D eigenvalue weighted by Crippen LogP contribution is 2.32. The molecule has 1 atom stereocenters. The van der Waals surface area contributed by atoms with E-state index in [1.54, 1.807) is 7.11 Å². The van der Waals surface area contributed by atoms with Crippen molar-refractivity contribution in [2.75, 3.05) is 13.7 Å². The van der Waals surface area contributed by atoms with E-state index in [0.717, 1.165) is 27.7 Å². The van der Waals surface area contributed by atoms with Gasteiger partial charge in [-0.3, -0.25) is 4.79 Å². The van der Waals surface area contributed by atoms with Crippen molar-refractivity contribution in [1.29, 1.82) is 0 Å². The van der Waals surface area contributed by atoms with Gasteiger partial charge in [0, 0.05) is 40.6 Å². The highest BCUT2D eigenvalue weighted by atomic mass is 79.9. The van der Waals surface area contributed by atoms with Crippen LogP contribution in [0.4, 0.5) is 0 Å². The van der Waals surface area contributed by atoms with E-state index in [1.165, 1.54) is 16.6 Å². The molecule has 1 amide bonds. The third-order valence-corrected chi connectivity index (χ3v) is 5.91. The van der Waals surface area contributed by atoms with Crippen LogP contribution in [0.1, 0.15) is 23.7 Å². The molecule has 0 spiro atoms. The van der Waals surface area contributed by atoms with Gasteiger partial charge in [-0.1, -0.05) is 24.3 Å². The molecule has 2 aromatic carbocycles. The number of nitrogens with zero attached hydrogens (tertiary/aromatic N) is 1. The average Bonchev–Trinajstić information content (AvgIpc) is 3.11. The Bertz CT molecular complexity index is 1010. The van der Waals surface area contributed by atoms with Crippen LogP contribution in [0.2, 0.25) is 0 Å². The van der Waals surface area contributed by atoms with Crippen LogP contribution in [0, 0.1) is 0 Å². The third-order valence-electron chi connectivity index (χ3n) is 5.25. The summed E-state index contributed by atoms with van der Waals surface area (Å²) in [7, 11) is 1.64. The van der Waals surface area contributed by atoms with Gasteiger partial charge in [0.25, 0.3) is 5.91 Å². The number of rotatable bonds is 5. The Morgan fingerprint density at radius 3 is 2.93 bits per heavy atom. The zero-order valence-corrected chi connectivity index (χ0v) is 17.6. The average molecular weight is 443 g/mol. The van der Waals surface area contributed by atoms with Gasteiger partial charge in [-0.2, -0.15) is 0 Å². The Balaban J connectivity index is 1.44. The lowest BCUT2D eigenvalue weighted by atomic mass is 10.0. The summed E-state index contributed by atoms with van der Waals surface area (Å²) in [5, 5.41) is 1.17. The molecular weight excluding hydrogens is 420 g/mol. The maximum absolute atomic E-state index is 12.9. The van der Waals surface area contributed by atoms with Crippen LogP contribution in [-0.4, -0.2) is 35.5 Å². The van der Waals surface area contributed by atoms with Crippen molar-refractivity contribution in [3.63, 3.8) is 0 Å². The monoisotopic (exact) mass is 442 g/mol. The second kappa shape index (κ2) is 7.97. The highest BCUT2D eigenvalue weighted by molar-refractivity contribution is 9.10. The topological polar surface area (TPSA) is 54.6 Å².